The van der Waals surface area contributed by atoms with Gasteiger partial charge in [-0.05, 0) is 40.7 Å². The van der Waals surface area contributed by atoms with Crippen molar-refractivity contribution in [3.8, 4) is 0 Å². The van der Waals surface area contributed by atoms with Gasteiger partial charge >= 0.3 is 0 Å². The number of hydrogen-bond donors (Lipinski definition) is 3. The molecular weight excluding hydrogens is 382 g/mol. The summed E-state index contributed by atoms with van der Waals surface area (Å²) in [6.45, 7) is 0. The first-order valence-corrected chi connectivity index (χ1v) is 8.94. The molecule has 0 aliphatic heterocycles. The van der Waals surface area contributed by atoms with Crippen LogP contribution >= 0.6 is 23.8 Å². The lowest BCUT2D eigenvalue weighted by atomic mass is 10.0. The molecule has 0 aliphatic carbocycles. The molecule has 5 nitrogen and oxygen atoms in total. The number of hydrogen-bond acceptors (Lipinski definition) is 3. The van der Waals surface area contributed by atoms with E-state index in [0.717, 1.165) is 16.3 Å². The molecule has 2 amide bonds. The van der Waals surface area contributed by atoms with E-state index in [-0.39, 0.29) is 17.4 Å². The fourth-order valence-electron chi connectivity index (χ4n) is 2.65. The maximum absolute atomic E-state index is 12.3. The number of hydrazine groups is 1. The summed E-state index contributed by atoms with van der Waals surface area (Å²) in [5, 5.41) is 4.95. The molecule has 27 heavy (non-hydrogen) atoms. The SMILES string of the molecule is O=C(Cc1cccc2ccccc12)NC(=S)NNC(=O)c1ccccc1Cl. The monoisotopic (exact) mass is 397 g/mol. The maximum atomic E-state index is 12.3. The third kappa shape index (κ3) is 4.81. The molecule has 0 unspecified atom stereocenters. The highest BCUT2D eigenvalue weighted by atomic mass is 35.5. The third-order valence-electron chi connectivity index (χ3n) is 3.89. The number of carbonyl (C=O) groups is 2. The van der Waals surface area contributed by atoms with Crippen molar-refractivity contribution >= 4 is 51.5 Å². The van der Waals surface area contributed by atoms with Crippen molar-refractivity contribution in [2.24, 2.45) is 0 Å². The van der Waals surface area contributed by atoms with Crippen molar-refractivity contribution in [3.63, 3.8) is 0 Å². The third-order valence-corrected chi connectivity index (χ3v) is 4.43. The van der Waals surface area contributed by atoms with Gasteiger partial charge in [0.15, 0.2) is 5.11 Å². The number of amides is 2. The topological polar surface area (TPSA) is 70.2 Å². The number of thiocarbonyl (C=S) groups is 1. The molecule has 3 aromatic carbocycles. The molecule has 0 saturated heterocycles. The predicted molar refractivity (Wildman–Crippen MR) is 110 cm³/mol. The zero-order valence-corrected chi connectivity index (χ0v) is 15.7. The normalized spacial score (nSPS) is 10.3. The van der Waals surface area contributed by atoms with E-state index < -0.39 is 5.91 Å². The smallest absolute Gasteiger partial charge is 0.271 e. The first kappa shape index (κ1) is 18.8. The van der Waals surface area contributed by atoms with E-state index in [2.05, 4.69) is 16.2 Å². The zero-order chi connectivity index (χ0) is 19.2. The van der Waals surface area contributed by atoms with Crippen molar-refractivity contribution < 1.29 is 9.59 Å². The van der Waals surface area contributed by atoms with Crippen LogP contribution in [0.5, 0.6) is 0 Å². The van der Waals surface area contributed by atoms with Gasteiger partial charge in [0.2, 0.25) is 5.91 Å². The van der Waals surface area contributed by atoms with Crippen LogP contribution in [0.3, 0.4) is 0 Å². The number of carbonyl (C=O) groups excluding carboxylic acids is 2. The van der Waals surface area contributed by atoms with Gasteiger partial charge in [0.25, 0.3) is 5.91 Å². The van der Waals surface area contributed by atoms with E-state index in [4.69, 9.17) is 23.8 Å². The molecule has 0 spiro atoms. The Morgan fingerprint density at radius 2 is 1.59 bits per heavy atom. The molecule has 0 atom stereocenters. The molecule has 7 heteroatoms. The lowest BCUT2D eigenvalue weighted by molar-refractivity contribution is -0.119. The summed E-state index contributed by atoms with van der Waals surface area (Å²) < 4.78 is 0. The van der Waals surface area contributed by atoms with E-state index in [1.54, 1.807) is 24.3 Å². The number of fused-ring (bicyclic) bond motifs is 1. The van der Waals surface area contributed by atoms with Gasteiger partial charge in [0, 0.05) is 0 Å². The minimum atomic E-state index is -0.453. The van der Waals surface area contributed by atoms with Crippen molar-refractivity contribution in [3.05, 3.63) is 82.9 Å². The van der Waals surface area contributed by atoms with Crippen LogP contribution < -0.4 is 16.2 Å². The molecule has 0 bridgehead atoms. The number of nitrogens with one attached hydrogen (secondary N) is 3. The molecule has 0 heterocycles. The second-order valence-electron chi connectivity index (χ2n) is 5.75. The van der Waals surface area contributed by atoms with Gasteiger partial charge in [0.05, 0.1) is 17.0 Å². The lowest BCUT2D eigenvalue weighted by Crippen LogP contribution is -2.48. The Morgan fingerprint density at radius 1 is 0.889 bits per heavy atom. The van der Waals surface area contributed by atoms with E-state index in [1.807, 2.05) is 42.5 Å². The van der Waals surface area contributed by atoms with Crippen LogP contribution in [0.2, 0.25) is 5.02 Å². The molecule has 0 radical (unpaired) electrons. The summed E-state index contributed by atoms with van der Waals surface area (Å²) in [4.78, 5) is 24.3. The largest absolute Gasteiger partial charge is 0.302 e. The Hall–Kier alpha value is -2.96. The van der Waals surface area contributed by atoms with Gasteiger partial charge in [-0.2, -0.15) is 0 Å². The van der Waals surface area contributed by atoms with Gasteiger partial charge in [-0.25, -0.2) is 0 Å². The highest BCUT2D eigenvalue weighted by Crippen LogP contribution is 2.18. The maximum Gasteiger partial charge on any atom is 0.271 e. The van der Waals surface area contributed by atoms with Crippen LogP contribution in [-0.2, 0) is 11.2 Å². The molecule has 3 aromatic rings. The van der Waals surface area contributed by atoms with Gasteiger partial charge in [-0.1, -0.05) is 66.2 Å². The molecule has 0 aliphatic rings. The summed E-state index contributed by atoms with van der Waals surface area (Å²) in [6, 6.07) is 20.3. The van der Waals surface area contributed by atoms with E-state index in [1.165, 1.54) is 0 Å². The quantitative estimate of drug-likeness (QED) is 0.468. The Morgan fingerprint density at radius 3 is 2.41 bits per heavy atom. The van der Waals surface area contributed by atoms with Gasteiger partial charge in [-0.3, -0.25) is 20.4 Å². The Kier molecular flexibility index (Phi) is 6.01. The molecule has 0 aromatic heterocycles. The van der Waals surface area contributed by atoms with Crippen LogP contribution in [0.25, 0.3) is 10.8 Å². The van der Waals surface area contributed by atoms with Gasteiger partial charge in [-0.15, -0.1) is 0 Å². The summed E-state index contributed by atoms with van der Waals surface area (Å²) >= 11 is 11.0. The van der Waals surface area contributed by atoms with Crippen LogP contribution in [0.15, 0.2) is 66.7 Å². The highest BCUT2D eigenvalue weighted by molar-refractivity contribution is 7.80. The van der Waals surface area contributed by atoms with Crippen molar-refractivity contribution in [2.75, 3.05) is 0 Å². The molecule has 0 saturated carbocycles. The Bertz CT molecular complexity index is 1020. The highest BCUT2D eigenvalue weighted by Gasteiger charge is 2.11. The lowest BCUT2D eigenvalue weighted by Gasteiger charge is -2.12. The molecular formula is C20H16ClN3O2S. The van der Waals surface area contributed by atoms with Crippen molar-refractivity contribution in [2.45, 2.75) is 6.42 Å². The minimum Gasteiger partial charge on any atom is -0.302 e. The number of halogens is 1. The Balaban J connectivity index is 1.55. The van der Waals surface area contributed by atoms with Crippen LogP contribution in [0.1, 0.15) is 15.9 Å². The summed E-state index contributed by atoms with van der Waals surface area (Å²) in [5.41, 5.74) is 6.11. The number of benzene rings is 3. The Labute approximate surface area is 166 Å². The minimum absolute atomic E-state index is 0.000593. The zero-order valence-electron chi connectivity index (χ0n) is 14.2. The molecule has 3 rings (SSSR count). The average molecular weight is 398 g/mol. The average Bonchev–Trinajstić information content (AvgIpc) is 2.67. The number of rotatable bonds is 3. The van der Waals surface area contributed by atoms with E-state index in [0.29, 0.717) is 10.6 Å². The standard InChI is InChI=1S/C20H16ClN3O2S/c21-17-11-4-3-10-16(17)19(26)23-24-20(27)22-18(25)12-14-8-5-7-13-6-1-2-9-15(13)14/h1-11H,12H2,(H,23,26)(H2,22,24,25,27). The summed E-state index contributed by atoms with van der Waals surface area (Å²) in [6.07, 6.45) is 0.168. The first-order valence-electron chi connectivity index (χ1n) is 8.16. The second kappa shape index (κ2) is 8.62. The first-order chi connectivity index (χ1) is 13.0. The second-order valence-corrected chi connectivity index (χ2v) is 6.57. The van der Waals surface area contributed by atoms with Crippen LogP contribution in [0, 0.1) is 0 Å². The van der Waals surface area contributed by atoms with Gasteiger partial charge < -0.3 is 5.32 Å². The van der Waals surface area contributed by atoms with Crippen molar-refractivity contribution in [1.29, 1.82) is 0 Å². The van der Waals surface area contributed by atoms with E-state index in [9.17, 15) is 9.59 Å². The summed E-state index contributed by atoms with van der Waals surface area (Å²) in [7, 11) is 0. The fraction of sp³-hybridized carbons (Fsp3) is 0.0500. The predicted octanol–water partition coefficient (Wildman–Crippen LogP) is 3.37. The van der Waals surface area contributed by atoms with Crippen LogP contribution in [-0.4, -0.2) is 16.9 Å². The van der Waals surface area contributed by atoms with Crippen LogP contribution in [0.4, 0.5) is 0 Å². The molecule has 0 fully saturated rings. The van der Waals surface area contributed by atoms with Gasteiger partial charge in [0.1, 0.15) is 0 Å². The van der Waals surface area contributed by atoms with Crippen molar-refractivity contribution in [1.82, 2.24) is 16.2 Å². The molecule has 136 valence electrons. The molecule has 3 N–H and O–H groups in total. The fourth-order valence-corrected chi connectivity index (χ4v) is 3.03. The summed E-state index contributed by atoms with van der Waals surface area (Å²) in [5.74, 6) is -0.734. The van der Waals surface area contributed by atoms with E-state index >= 15 is 0 Å².